The number of sulfonamides is 1. The van der Waals surface area contributed by atoms with Gasteiger partial charge in [-0.1, -0.05) is 11.3 Å². The summed E-state index contributed by atoms with van der Waals surface area (Å²) >= 11 is 5.37. The quantitative estimate of drug-likeness (QED) is 0.379. The lowest BCUT2D eigenvalue weighted by Gasteiger charge is -2.02. The van der Waals surface area contributed by atoms with E-state index < -0.39 is 14.9 Å². The van der Waals surface area contributed by atoms with Crippen molar-refractivity contribution in [3.05, 3.63) is 37.0 Å². The summed E-state index contributed by atoms with van der Waals surface area (Å²) in [6.07, 6.45) is 0. The average molecular weight is 413 g/mol. The summed E-state index contributed by atoms with van der Waals surface area (Å²) in [6.45, 7) is 0.107. The average Bonchev–Trinajstić information content (AvgIpc) is 3.02. The highest BCUT2D eigenvalue weighted by atomic mass is 79.9. The smallest absolute Gasteiger partial charge is 0.306 e. The fourth-order valence-corrected chi connectivity index (χ4v) is 5.19. The second kappa shape index (κ2) is 6.37. The van der Waals surface area contributed by atoms with E-state index in [1.807, 2.05) is 5.38 Å². The van der Waals surface area contributed by atoms with E-state index in [-0.39, 0.29) is 21.4 Å². The van der Waals surface area contributed by atoms with Crippen LogP contribution in [0.5, 0.6) is 0 Å². The van der Waals surface area contributed by atoms with Crippen molar-refractivity contribution >= 4 is 59.3 Å². The molecule has 0 bridgehead atoms. The van der Waals surface area contributed by atoms with Gasteiger partial charge in [-0.05, 0) is 22.0 Å². The fourth-order valence-electron chi connectivity index (χ4n) is 1.41. The van der Waals surface area contributed by atoms with Crippen LogP contribution < -0.4 is 16.0 Å². The van der Waals surface area contributed by atoms with Crippen molar-refractivity contribution in [1.82, 2.24) is 4.72 Å². The lowest BCUT2D eigenvalue weighted by atomic mass is 10.5. The molecule has 2 heterocycles. The van der Waals surface area contributed by atoms with Gasteiger partial charge in [0.25, 0.3) is 10.0 Å². The van der Waals surface area contributed by atoms with Gasteiger partial charge in [-0.15, -0.1) is 11.3 Å². The standard InChI is InChI=1S/C9H9BrN4O4S3/c10-5-1-6(19-4-5)3-12-21(17,18)8-2-7(14(15)16)9(13-11)20-8/h1-2,4,12-13H,3,11H2. The van der Waals surface area contributed by atoms with Crippen molar-refractivity contribution in [3.63, 3.8) is 0 Å². The molecule has 2 aromatic rings. The van der Waals surface area contributed by atoms with E-state index in [0.717, 1.165) is 15.4 Å². The van der Waals surface area contributed by atoms with Crippen LogP contribution in [0.2, 0.25) is 0 Å². The topological polar surface area (TPSA) is 127 Å². The van der Waals surface area contributed by atoms with Gasteiger partial charge in [-0.3, -0.25) is 10.1 Å². The molecule has 0 spiro atoms. The van der Waals surface area contributed by atoms with Crippen LogP contribution in [0.4, 0.5) is 10.7 Å². The maximum Gasteiger partial charge on any atom is 0.306 e. The molecule has 0 radical (unpaired) electrons. The number of nitro groups is 1. The largest absolute Gasteiger partial charge is 0.310 e. The van der Waals surface area contributed by atoms with Gasteiger partial charge in [0.1, 0.15) is 4.21 Å². The van der Waals surface area contributed by atoms with Crippen LogP contribution >= 0.6 is 38.6 Å². The second-order valence-corrected chi connectivity index (χ2v) is 8.69. The van der Waals surface area contributed by atoms with E-state index in [1.165, 1.54) is 11.3 Å². The third-order valence-electron chi connectivity index (χ3n) is 2.34. The Morgan fingerprint density at radius 2 is 2.14 bits per heavy atom. The Morgan fingerprint density at radius 3 is 2.62 bits per heavy atom. The maximum absolute atomic E-state index is 12.1. The highest BCUT2D eigenvalue weighted by Crippen LogP contribution is 2.36. The number of nitrogen functional groups attached to an aromatic ring is 1. The molecule has 21 heavy (non-hydrogen) atoms. The minimum atomic E-state index is -3.83. The van der Waals surface area contributed by atoms with Gasteiger partial charge in [-0.25, -0.2) is 19.0 Å². The summed E-state index contributed by atoms with van der Waals surface area (Å²) < 4.78 is 27.3. The van der Waals surface area contributed by atoms with Crippen molar-refractivity contribution in [2.24, 2.45) is 5.84 Å². The summed E-state index contributed by atoms with van der Waals surface area (Å²) in [5.41, 5.74) is 1.75. The third kappa shape index (κ3) is 3.78. The molecule has 2 aromatic heterocycles. The predicted molar refractivity (Wildman–Crippen MR) is 84.8 cm³/mol. The molecule has 0 aliphatic carbocycles. The summed E-state index contributed by atoms with van der Waals surface area (Å²) in [4.78, 5) is 10.9. The molecule has 0 amide bonds. The zero-order chi connectivity index (χ0) is 15.6. The molecule has 0 fully saturated rings. The first-order valence-corrected chi connectivity index (χ1v) is 9.28. The molecule has 0 saturated heterocycles. The zero-order valence-electron chi connectivity index (χ0n) is 10.2. The Balaban J connectivity index is 2.21. The molecule has 0 aliphatic heterocycles. The normalized spacial score (nSPS) is 11.5. The number of hydrogen-bond donors (Lipinski definition) is 3. The number of hydrogen-bond acceptors (Lipinski definition) is 8. The molecule has 8 nitrogen and oxygen atoms in total. The predicted octanol–water partition coefficient (Wildman–Crippen LogP) is 2.24. The molecule has 12 heteroatoms. The molecule has 0 aliphatic rings. The van der Waals surface area contributed by atoms with Gasteiger partial charge in [0, 0.05) is 27.3 Å². The van der Waals surface area contributed by atoms with E-state index >= 15 is 0 Å². The summed E-state index contributed by atoms with van der Waals surface area (Å²) in [6, 6.07) is 2.77. The van der Waals surface area contributed by atoms with Crippen molar-refractivity contribution < 1.29 is 13.3 Å². The first-order chi connectivity index (χ1) is 9.83. The van der Waals surface area contributed by atoms with Crippen molar-refractivity contribution in [2.75, 3.05) is 5.43 Å². The van der Waals surface area contributed by atoms with Crippen LogP contribution in [0.3, 0.4) is 0 Å². The highest BCUT2D eigenvalue weighted by Gasteiger charge is 2.25. The van der Waals surface area contributed by atoms with E-state index in [2.05, 4.69) is 26.1 Å². The molecule has 4 N–H and O–H groups in total. The molecular formula is C9H9BrN4O4S3. The highest BCUT2D eigenvalue weighted by molar-refractivity contribution is 9.10. The SMILES string of the molecule is NNc1sc(S(=O)(=O)NCc2cc(Br)cs2)cc1[N+](=O)[O-]. The number of hydrazine groups is 1. The van der Waals surface area contributed by atoms with Gasteiger partial charge in [-0.2, -0.15) is 0 Å². The van der Waals surface area contributed by atoms with E-state index in [4.69, 9.17) is 5.84 Å². The van der Waals surface area contributed by atoms with Crippen molar-refractivity contribution in [3.8, 4) is 0 Å². The molecule has 0 unspecified atom stereocenters. The maximum atomic E-state index is 12.1. The van der Waals surface area contributed by atoms with Crippen molar-refractivity contribution in [1.29, 1.82) is 0 Å². The Morgan fingerprint density at radius 1 is 1.43 bits per heavy atom. The van der Waals surface area contributed by atoms with Crippen LogP contribution in [-0.2, 0) is 16.6 Å². The van der Waals surface area contributed by atoms with Crippen LogP contribution in [0.1, 0.15) is 4.88 Å². The van der Waals surface area contributed by atoms with E-state index in [0.29, 0.717) is 11.3 Å². The van der Waals surface area contributed by atoms with Crippen LogP contribution in [0.15, 0.2) is 26.2 Å². The van der Waals surface area contributed by atoms with Gasteiger partial charge < -0.3 is 5.43 Å². The molecule has 0 saturated carbocycles. The Kier molecular flexibility index (Phi) is 4.95. The van der Waals surface area contributed by atoms with Crippen LogP contribution in [0.25, 0.3) is 0 Å². The molecular weight excluding hydrogens is 404 g/mol. The van der Waals surface area contributed by atoms with E-state index in [1.54, 1.807) is 6.07 Å². The Bertz CT molecular complexity index is 770. The van der Waals surface area contributed by atoms with Crippen LogP contribution in [-0.4, -0.2) is 13.3 Å². The lowest BCUT2D eigenvalue weighted by Crippen LogP contribution is -2.21. The van der Waals surface area contributed by atoms with E-state index in [9.17, 15) is 18.5 Å². The van der Waals surface area contributed by atoms with Gasteiger partial charge in [0.15, 0.2) is 5.00 Å². The number of nitrogens with zero attached hydrogens (tertiary/aromatic N) is 1. The molecule has 0 aromatic carbocycles. The third-order valence-corrected chi connectivity index (χ3v) is 6.97. The number of thiophene rings is 2. The molecule has 114 valence electrons. The monoisotopic (exact) mass is 412 g/mol. The van der Waals surface area contributed by atoms with Crippen LogP contribution in [0, 0.1) is 10.1 Å². The van der Waals surface area contributed by atoms with Crippen molar-refractivity contribution in [2.45, 2.75) is 10.8 Å². The van der Waals surface area contributed by atoms with Gasteiger partial charge in [0.2, 0.25) is 0 Å². The van der Waals surface area contributed by atoms with Gasteiger partial charge in [0.05, 0.1) is 4.92 Å². The fraction of sp³-hybridized carbons (Fsp3) is 0.111. The first-order valence-electron chi connectivity index (χ1n) is 5.31. The number of nitrogens with two attached hydrogens (primary N) is 1. The number of rotatable bonds is 6. The summed E-state index contributed by atoms with van der Waals surface area (Å²) in [5.74, 6) is 5.15. The Labute approximate surface area is 136 Å². The molecule has 0 atom stereocenters. The minimum Gasteiger partial charge on any atom is -0.310 e. The Hall–Kier alpha value is -1.05. The minimum absolute atomic E-state index is 0.0146. The number of anilines is 1. The number of halogens is 1. The summed E-state index contributed by atoms with van der Waals surface area (Å²) in [5, 5.41) is 12.6. The van der Waals surface area contributed by atoms with Gasteiger partial charge >= 0.3 is 5.69 Å². The number of nitrogens with one attached hydrogen (secondary N) is 2. The lowest BCUT2D eigenvalue weighted by molar-refractivity contribution is -0.383. The molecule has 2 rings (SSSR count). The summed E-state index contributed by atoms with van der Waals surface area (Å²) in [7, 11) is -3.83. The second-order valence-electron chi connectivity index (χ2n) is 3.74. The zero-order valence-corrected chi connectivity index (χ0v) is 14.2. The first kappa shape index (κ1) is 16.3.